The van der Waals surface area contributed by atoms with Crippen LogP contribution in [-0.2, 0) is 9.53 Å². The molecule has 0 aromatic rings. The lowest BCUT2D eigenvalue weighted by atomic mass is 10.1. The van der Waals surface area contributed by atoms with E-state index in [-0.39, 0.29) is 0 Å². The van der Waals surface area contributed by atoms with E-state index in [4.69, 9.17) is 0 Å². The van der Waals surface area contributed by atoms with E-state index in [0.29, 0.717) is 12.5 Å². The molecule has 1 unspecified atom stereocenters. The molecular formula is C8H15O2. The quantitative estimate of drug-likeness (QED) is 0.567. The summed E-state index contributed by atoms with van der Waals surface area (Å²) in [4.78, 5) is 9.64. The fourth-order valence-electron chi connectivity index (χ4n) is 0.812. The van der Waals surface area contributed by atoms with Gasteiger partial charge < -0.3 is 4.74 Å². The van der Waals surface area contributed by atoms with Crippen molar-refractivity contribution in [1.29, 1.82) is 0 Å². The predicted octanol–water partition coefficient (Wildman–Crippen LogP) is 1.90. The molecule has 1 radical (unpaired) electrons. The highest BCUT2D eigenvalue weighted by atomic mass is 16.5. The molecule has 0 aromatic heterocycles. The Balaban J connectivity index is 3.07. The highest BCUT2D eigenvalue weighted by Crippen LogP contribution is 2.06. The van der Waals surface area contributed by atoms with Crippen LogP contribution in [0.1, 0.15) is 33.1 Å². The Labute approximate surface area is 62.6 Å². The molecule has 0 rings (SSSR count). The fraction of sp³-hybridized carbons (Fsp3) is 0.875. The molecule has 2 nitrogen and oxygen atoms in total. The number of hydrogen-bond donors (Lipinski definition) is 0. The van der Waals surface area contributed by atoms with Crippen LogP contribution in [0.3, 0.4) is 0 Å². The highest BCUT2D eigenvalue weighted by molar-refractivity contribution is 5.38. The predicted molar refractivity (Wildman–Crippen MR) is 40.3 cm³/mol. The van der Waals surface area contributed by atoms with E-state index in [1.165, 1.54) is 19.3 Å². The molecule has 0 saturated heterocycles. The van der Waals surface area contributed by atoms with Crippen LogP contribution in [0.15, 0.2) is 0 Å². The Kier molecular flexibility index (Phi) is 6.24. The average molecular weight is 143 g/mol. The third-order valence-corrected chi connectivity index (χ3v) is 1.48. The molecule has 10 heavy (non-hydrogen) atoms. The monoisotopic (exact) mass is 143 g/mol. The molecule has 0 saturated carbocycles. The van der Waals surface area contributed by atoms with Gasteiger partial charge in [0.15, 0.2) is 0 Å². The van der Waals surface area contributed by atoms with Crippen molar-refractivity contribution < 1.29 is 9.53 Å². The number of unbranched alkanes of at least 4 members (excludes halogenated alkanes) is 1. The minimum atomic E-state index is 0.487. The molecule has 0 aromatic carbocycles. The van der Waals surface area contributed by atoms with Gasteiger partial charge in [-0.2, -0.15) is 0 Å². The van der Waals surface area contributed by atoms with Gasteiger partial charge in [-0.3, -0.25) is 0 Å². The topological polar surface area (TPSA) is 26.3 Å². The molecule has 2 heteroatoms. The first-order valence-electron chi connectivity index (χ1n) is 3.80. The summed E-state index contributed by atoms with van der Waals surface area (Å²) in [6.45, 7) is 6.17. The van der Waals surface area contributed by atoms with Crippen LogP contribution in [0.5, 0.6) is 0 Å². The summed E-state index contributed by atoms with van der Waals surface area (Å²) in [5.41, 5.74) is 0. The molecule has 0 aliphatic rings. The molecule has 0 fully saturated rings. The Hall–Kier alpha value is -0.530. The Morgan fingerprint density at radius 3 is 2.80 bits per heavy atom. The van der Waals surface area contributed by atoms with Crippen molar-refractivity contribution in [1.82, 2.24) is 0 Å². The number of carbonyl (C=O) groups excluding carboxylic acids is 1. The van der Waals surface area contributed by atoms with Crippen molar-refractivity contribution in [3.8, 4) is 0 Å². The zero-order chi connectivity index (χ0) is 7.82. The Bertz CT molecular complexity index is 81.3. The van der Waals surface area contributed by atoms with E-state index >= 15 is 0 Å². The first-order chi connectivity index (χ1) is 4.81. The van der Waals surface area contributed by atoms with Gasteiger partial charge in [-0.1, -0.05) is 26.7 Å². The fourth-order valence-corrected chi connectivity index (χ4v) is 0.812. The zero-order valence-electron chi connectivity index (χ0n) is 6.72. The molecule has 0 heterocycles. The van der Waals surface area contributed by atoms with Crippen LogP contribution < -0.4 is 0 Å². The minimum Gasteiger partial charge on any atom is -0.457 e. The van der Waals surface area contributed by atoms with Gasteiger partial charge in [0.05, 0.1) is 6.61 Å². The smallest absolute Gasteiger partial charge is 0.417 e. The van der Waals surface area contributed by atoms with Gasteiger partial charge >= 0.3 is 6.47 Å². The van der Waals surface area contributed by atoms with Crippen molar-refractivity contribution in [3.63, 3.8) is 0 Å². The molecule has 59 valence electrons. The molecule has 0 N–H and O–H groups in total. The summed E-state index contributed by atoms with van der Waals surface area (Å²) >= 11 is 0. The second kappa shape index (κ2) is 6.59. The van der Waals surface area contributed by atoms with Crippen LogP contribution >= 0.6 is 0 Å². The van der Waals surface area contributed by atoms with Crippen LogP contribution in [-0.4, -0.2) is 13.1 Å². The molecule has 0 amide bonds. The van der Waals surface area contributed by atoms with E-state index in [0.717, 1.165) is 6.42 Å². The van der Waals surface area contributed by atoms with Gasteiger partial charge in [-0.15, -0.1) is 0 Å². The summed E-state index contributed by atoms with van der Waals surface area (Å²) in [6, 6.07) is 0. The van der Waals surface area contributed by atoms with E-state index in [9.17, 15) is 4.79 Å². The van der Waals surface area contributed by atoms with Crippen molar-refractivity contribution in [2.75, 3.05) is 6.61 Å². The number of ether oxygens (including phenoxy) is 1. The van der Waals surface area contributed by atoms with Gasteiger partial charge in [0, 0.05) is 0 Å². The summed E-state index contributed by atoms with van der Waals surface area (Å²) in [5.74, 6) is 0.487. The molecule has 0 aliphatic carbocycles. The molecule has 0 spiro atoms. The first kappa shape index (κ1) is 9.47. The lowest BCUT2D eigenvalue weighted by Gasteiger charge is -2.06. The van der Waals surface area contributed by atoms with Gasteiger partial charge in [-0.25, -0.2) is 4.79 Å². The third kappa shape index (κ3) is 5.60. The molecule has 0 bridgehead atoms. The second-order valence-electron chi connectivity index (χ2n) is 2.64. The Morgan fingerprint density at radius 2 is 2.30 bits per heavy atom. The summed E-state index contributed by atoms with van der Waals surface area (Å²) in [5, 5.41) is 0. The summed E-state index contributed by atoms with van der Waals surface area (Å²) < 4.78 is 4.49. The molecular weight excluding hydrogens is 128 g/mol. The maximum absolute atomic E-state index is 9.64. The largest absolute Gasteiger partial charge is 0.457 e. The van der Waals surface area contributed by atoms with Crippen molar-refractivity contribution in [2.45, 2.75) is 33.1 Å². The first-order valence-corrected chi connectivity index (χ1v) is 3.80. The average Bonchev–Trinajstić information content (AvgIpc) is 1.97. The zero-order valence-corrected chi connectivity index (χ0v) is 6.72. The highest BCUT2D eigenvalue weighted by Gasteiger charge is 2.00. The Morgan fingerprint density at radius 1 is 1.60 bits per heavy atom. The van der Waals surface area contributed by atoms with E-state index in [1.807, 2.05) is 0 Å². The molecule has 0 aliphatic heterocycles. The molecule has 1 atom stereocenters. The van der Waals surface area contributed by atoms with Crippen molar-refractivity contribution >= 4 is 6.47 Å². The minimum absolute atomic E-state index is 0.487. The second-order valence-corrected chi connectivity index (χ2v) is 2.64. The van der Waals surface area contributed by atoms with Crippen molar-refractivity contribution in [3.05, 3.63) is 0 Å². The summed E-state index contributed by atoms with van der Waals surface area (Å²) in [7, 11) is 0. The van der Waals surface area contributed by atoms with Crippen molar-refractivity contribution in [2.24, 2.45) is 5.92 Å². The van der Waals surface area contributed by atoms with Crippen LogP contribution in [0.25, 0.3) is 0 Å². The van der Waals surface area contributed by atoms with Gasteiger partial charge in [0.25, 0.3) is 0 Å². The van der Waals surface area contributed by atoms with Gasteiger partial charge in [0.2, 0.25) is 0 Å². The van der Waals surface area contributed by atoms with E-state index < -0.39 is 0 Å². The van der Waals surface area contributed by atoms with Gasteiger partial charge in [0.1, 0.15) is 0 Å². The maximum atomic E-state index is 9.64. The lowest BCUT2D eigenvalue weighted by Crippen LogP contribution is -2.04. The van der Waals surface area contributed by atoms with E-state index in [2.05, 4.69) is 18.6 Å². The standard InChI is InChI=1S/C8H15O2/c1-3-4-5-8(2)6-10-7-9/h8H,3-6H2,1-2H3. The van der Waals surface area contributed by atoms with E-state index in [1.54, 1.807) is 0 Å². The SMILES string of the molecule is CCCCC(C)CO[C]=O. The van der Waals surface area contributed by atoms with Crippen LogP contribution in [0, 0.1) is 5.92 Å². The maximum Gasteiger partial charge on any atom is 0.417 e. The summed E-state index contributed by atoms with van der Waals surface area (Å²) in [6.07, 6.45) is 3.55. The number of hydrogen-bond acceptors (Lipinski definition) is 2. The third-order valence-electron chi connectivity index (χ3n) is 1.48. The van der Waals surface area contributed by atoms with Crippen LogP contribution in [0.2, 0.25) is 0 Å². The normalized spacial score (nSPS) is 12.6. The lowest BCUT2D eigenvalue weighted by molar-refractivity contribution is 0.223. The van der Waals surface area contributed by atoms with Crippen LogP contribution in [0.4, 0.5) is 0 Å². The number of rotatable bonds is 6. The van der Waals surface area contributed by atoms with Gasteiger partial charge in [-0.05, 0) is 12.3 Å².